The molecule has 26 heavy (non-hydrogen) atoms. The van der Waals surface area contributed by atoms with Crippen molar-refractivity contribution in [1.82, 2.24) is 0 Å². The highest BCUT2D eigenvalue weighted by Crippen LogP contribution is 2.22. The fourth-order valence-electron chi connectivity index (χ4n) is 3.62. The van der Waals surface area contributed by atoms with Crippen LogP contribution in [0.4, 0.5) is 0 Å². The van der Waals surface area contributed by atoms with E-state index in [1.54, 1.807) is 0 Å². The normalized spacial score (nSPS) is 13.3. The summed E-state index contributed by atoms with van der Waals surface area (Å²) in [6.45, 7) is 0. The van der Waals surface area contributed by atoms with E-state index in [9.17, 15) is 5.11 Å². The first-order valence-corrected chi connectivity index (χ1v) is 9.59. The molecule has 0 amide bonds. The zero-order valence-electron chi connectivity index (χ0n) is 15.3. The molecule has 0 saturated carbocycles. The van der Waals surface area contributed by atoms with Crippen LogP contribution in [0.15, 0.2) is 91.0 Å². The Morgan fingerprint density at radius 2 is 1.04 bits per heavy atom. The maximum atomic E-state index is 10.6. The van der Waals surface area contributed by atoms with Gasteiger partial charge in [-0.15, -0.1) is 0 Å². The molecule has 0 fully saturated rings. The molecule has 2 atom stereocenters. The molecule has 0 radical (unpaired) electrons. The summed E-state index contributed by atoms with van der Waals surface area (Å²) in [5.74, 6) is 0.483. The third kappa shape index (κ3) is 6.16. The molecule has 0 aliphatic heterocycles. The van der Waals surface area contributed by atoms with Crippen LogP contribution in [0.2, 0.25) is 0 Å². The predicted molar refractivity (Wildman–Crippen MR) is 109 cm³/mol. The minimum Gasteiger partial charge on any atom is -0.393 e. The van der Waals surface area contributed by atoms with Gasteiger partial charge in [0, 0.05) is 0 Å². The van der Waals surface area contributed by atoms with Crippen LogP contribution >= 0.6 is 0 Å². The Balaban J connectivity index is 1.61. The number of aliphatic hydroxyl groups is 1. The maximum Gasteiger partial charge on any atom is 0.0583 e. The minimum absolute atomic E-state index is 0.290. The van der Waals surface area contributed by atoms with Crippen LogP contribution in [-0.2, 0) is 19.3 Å². The lowest BCUT2D eigenvalue weighted by Gasteiger charge is -2.21. The lowest BCUT2D eigenvalue weighted by Crippen LogP contribution is -2.18. The second-order valence-electron chi connectivity index (χ2n) is 7.16. The summed E-state index contributed by atoms with van der Waals surface area (Å²) in [6, 6.07) is 31.6. The van der Waals surface area contributed by atoms with Crippen molar-refractivity contribution < 1.29 is 5.11 Å². The van der Waals surface area contributed by atoms with Crippen LogP contribution in [0.5, 0.6) is 0 Å². The molecule has 0 saturated heterocycles. The van der Waals surface area contributed by atoms with Crippen molar-refractivity contribution in [2.24, 2.45) is 5.92 Å². The Morgan fingerprint density at radius 3 is 1.58 bits per heavy atom. The first kappa shape index (κ1) is 18.4. The van der Waals surface area contributed by atoms with E-state index in [0.717, 1.165) is 32.1 Å². The van der Waals surface area contributed by atoms with Gasteiger partial charge in [0.2, 0.25) is 0 Å². The third-order valence-electron chi connectivity index (χ3n) is 4.97. The van der Waals surface area contributed by atoms with Gasteiger partial charge in [-0.1, -0.05) is 91.0 Å². The standard InChI is InChI=1S/C25H28O/c26-25(19-23-14-8-3-9-15-23)20-24(18-22-12-6-2-7-13-22)17-16-21-10-4-1-5-11-21/h1-15,24-26H,16-20H2/t24-,25-/m1/s1. The number of aliphatic hydroxyl groups excluding tert-OH is 1. The van der Waals surface area contributed by atoms with Crippen molar-refractivity contribution >= 4 is 0 Å². The number of hydrogen-bond acceptors (Lipinski definition) is 1. The number of hydrogen-bond donors (Lipinski definition) is 1. The first-order valence-electron chi connectivity index (χ1n) is 9.59. The first-order chi connectivity index (χ1) is 12.8. The maximum absolute atomic E-state index is 10.6. The highest BCUT2D eigenvalue weighted by Gasteiger charge is 2.16. The summed E-state index contributed by atoms with van der Waals surface area (Å²) in [6.07, 6.45) is 4.48. The van der Waals surface area contributed by atoms with Crippen molar-refractivity contribution in [3.05, 3.63) is 108 Å². The van der Waals surface area contributed by atoms with Gasteiger partial charge in [0.15, 0.2) is 0 Å². The average Bonchev–Trinajstić information content (AvgIpc) is 2.68. The third-order valence-corrected chi connectivity index (χ3v) is 4.97. The topological polar surface area (TPSA) is 20.2 Å². The van der Waals surface area contributed by atoms with Crippen molar-refractivity contribution in [2.75, 3.05) is 0 Å². The molecule has 0 spiro atoms. The van der Waals surface area contributed by atoms with Gasteiger partial charge in [0.1, 0.15) is 0 Å². The molecule has 3 aromatic carbocycles. The van der Waals surface area contributed by atoms with Crippen molar-refractivity contribution in [2.45, 2.75) is 38.2 Å². The zero-order chi connectivity index (χ0) is 18.0. The molecule has 1 nitrogen and oxygen atoms in total. The van der Waals surface area contributed by atoms with Crippen molar-refractivity contribution in [1.29, 1.82) is 0 Å². The molecule has 0 aliphatic carbocycles. The molecule has 3 aromatic rings. The molecule has 0 aliphatic rings. The van der Waals surface area contributed by atoms with Crippen LogP contribution in [0, 0.1) is 5.92 Å². The van der Waals surface area contributed by atoms with Gasteiger partial charge in [-0.3, -0.25) is 0 Å². The predicted octanol–water partition coefficient (Wildman–Crippen LogP) is 5.47. The van der Waals surface area contributed by atoms with Gasteiger partial charge >= 0.3 is 0 Å². The average molecular weight is 344 g/mol. The van der Waals surface area contributed by atoms with Crippen LogP contribution < -0.4 is 0 Å². The Kier molecular flexibility index (Phi) is 7.04. The minimum atomic E-state index is -0.290. The summed E-state index contributed by atoms with van der Waals surface area (Å²) in [7, 11) is 0. The fourth-order valence-corrected chi connectivity index (χ4v) is 3.62. The number of aryl methyl sites for hydroxylation is 1. The Bertz CT molecular complexity index is 737. The molecule has 0 heterocycles. The lowest BCUT2D eigenvalue weighted by molar-refractivity contribution is 0.139. The molecule has 1 heteroatoms. The SMILES string of the molecule is O[C@H](Cc1ccccc1)C[C@H](CCc1ccccc1)Cc1ccccc1. The van der Waals surface area contributed by atoms with Gasteiger partial charge in [-0.05, 0) is 54.7 Å². The Morgan fingerprint density at radius 1 is 0.577 bits per heavy atom. The van der Waals surface area contributed by atoms with Gasteiger partial charge in [-0.2, -0.15) is 0 Å². The zero-order valence-corrected chi connectivity index (χ0v) is 15.3. The summed E-state index contributed by atoms with van der Waals surface area (Å²) in [5, 5.41) is 10.6. The van der Waals surface area contributed by atoms with E-state index < -0.39 is 0 Å². The Labute approximate surface area is 157 Å². The van der Waals surface area contributed by atoms with Gasteiger partial charge in [-0.25, -0.2) is 0 Å². The van der Waals surface area contributed by atoms with Crippen molar-refractivity contribution in [3.63, 3.8) is 0 Å². The van der Waals surface area contributed by atoms with Crippen LogP contribution in [0.1, 0.15) is 29.5 Å². The van der Waals surface area contributed by atoms with E-state index in [0.29, 0.717) is 5.92 Å². The molecule has 134 valence electrons. The second-order valence-corrected chi connectivity index (χ2v) is 7.16. The monoisotopic (exact) mass is 344 g/mol. The smallest absolute Gasteiger partial charge is 0.0583 e. The Hall–Kier alpha value is -2.38. The van der Waals surface area contributed by atoms with Crippen LogP contribution in [-0.4, -0.2) is 11.2 Å². The summed E-state index contributed by atoms with van der Waals surface area (Å²) >= 11 is 0. The molecule has 0 aromatic heterocycles. The van der Waals surface area contributed by atoms with Gasteiger partial charge in [0.05, 0.1) is 6.10 Å². The summed E-state index contributed by atoms with van der Waals surface area (Å²) in [4.78, 5) is 0. The second kappa shape index (κ2) is 9.94. The van der Waals surface area contributed by atoms with E-state index in [2.05, 4.69) is 72.8 Å². The lowest BCUT2D eigenvalue weighted by atomic mass is 9.87. The highest BCUT2D eigenvalue weighted by molar-refractivity contribution is 5.18. The molecule has 0 unspecified atom stereocenters. The van der Waals surface area contributed by atoms with E-state index in [1.807, 2.05) is 18.2 Å². The van der Waals surface area contributed by atoms with E-state index in [-0.39, 0.29) is 6.10 Å². The number of benzene rings is 3. The van der Waals surface area contributed by atoms with E-state index in [4.69, 9.17) is 0 Å². The quantitative estimate of drug-likeness (QED) is 0.545. The van der Waals surface area contributed by atoms with Crippen LogP contribution in [0.25, 0.3) is 0 Å². The molecule has 1 N–H and O–H groups in total. The highest BCUT2D eigenvalue weighted by atomic mass is 16.3. The summed E-state index contributed by atoms with van der Waals surface area (Å²) < 4.78 is 0. The van der Waals surface area contributed by atoms with Crippen molar-refractivity contribution in [3.8, 4) is 0 Å². The number of rotatable bonds is 9. The largest absolute Gasteiger partial charge is 0.393 e. The fraction of sp³-hybridized carbons (Fsp3) is 0.280. The summed E-state index contributed by atoms with van der Waals surface area (Å²) in [5.41, 5.74) is 3.95. The van der Waals surface area contributed by atoms with Gasteiger partial charge in [0.25, 0.3) is 0 Å². The van der Waals surface area contributed by atoms with E-state index >= 15 is 0 Å². The molecular weight excluding hydrogens is 316 g/mol. The molecule has 0 bridgehead atoms. The van der Waals surface area contributed by atoms with E-state index in [1.165, 1.54) is 16.7 Å². The van der Waals surface area contributed by atoms with Crippen LogP contribution in [0.3, 0.4) is 0 Å². The van der Waals surface area contributed by atoms with Gasteiger partial charge < -0.3 is 5.11 Å². The molecule has 3 rings (SSSR count). The molecular formula is C25H28O.